The quantitative estimate of drug-likeness (QED) is 0.399. The van der Waals surface area contributed by atoms with E-state index in [2.05, 4.69) is 29.1 Å². The summed E-state index contributed by atoms with van der Waals surface area (Å²) in [5, 5.41) is 3.51. The largest absolute Gasteiger partial charge is 0.351 e. The van der Waals surface area contributed by atoms with Crippen LogP contribution in [0.3, 0.4) is 0 Å². The number of imidazole rings is 1. The molecule has 0 aliphatic heterocycles. The molecule has 1 amide bonds. The van der Waals surface area contributed by atoms with Crippen LogP contribution in [0.4, 0.5) is 0 Å². The van der Waals surface area contributed by atoms with E-state index in [-0.39, 0.29) is 36.3 Å². The van der Waals surface area contributed by atoms with E-state index in [1.807, 2.05) is 29.0 Å². The summed E-state index contributed by atoms with van der Waals surface area (Å²) in [6.45, 7) is 5.65. The number of nitrogens with zero attached hydrogens (tertiary/aromatic N) is 4. The molecule has 0 saturated carbocycles. The standard InChI is InChI=1S/C21H23N5O2S.2ClH/c1-14(2)15-5-6-17-16(11-15)20(28)26-12-18(29-21(26)24-17)19(27)23-7-3-4-9-25-10-8-22-13-25;;/h5-6,8,10-14H,3-4,7,9H2,1-2H3,(H,23,27);2*1H. The number of carbonyl (C=O) groups excluding carboxylic acids is 1. The van der Waals surface area contributed by atoms with Crippen LogP contribution in [0.2, 0.25) is 0 Å². The highest BCUT2D eigenvalue weighted by Crippen LogP contribution is 2.21. The van der Waals surface area contributed by atoms with Crippen molar-refractivity contribution in [3.8, 4) is 0 Å². The first-order chi connectivity index (χ1) is 14.0. The molecular formula is C21H25Cl2N5O2S. The number of carbonyl (C=O) groups is 1. The third-order valence-corrected chi connectivity index (χ3v) is 5.90. The fraction of sp³-hybridized carbons (Fsp3) is 0.333. The molecule has 4 rings (SSSR count). The molecule has 0 spiro atoms. The van der Waals surface area contributed by atoms with Crippen LogP contribution in [0, 0.1) is 0 Å². The molecule has 0 aliphatic carbocycles. The van der Waals surface area contributed by atoms with Crippen LogP contribution in [0.25, 0.3) is 15.9 Å². The second kappa shape index (κ2) is 10.7. The first-order valence-corrected chi connectivity index (χ1v) is 10.5. The summed E-state index contributed by atoms with van der Waals surface area (Å²) in [6.07, 6.45) is 8.88. The molecule has 1 N–H and O–H groups in total. The first-order valence-electron chi connectivity index (χ1n) is 9.73. The molecule has 0 saturated heterocycles. The Balaban J connectivity index is 0.00000171. The lowest BCUT2D eigenvalue weighted by atomic mass is 10.0. The van der Waals surface area contributed by atoms with E-state index in [4.69, 9.17) is 0 Å². The van der Waals surface area contributed by atoms with Crippen molar-refractivity contribution in [2.75, 3.05) is 6.54 Å². The molecule has 0 atom stereocenters. The van der Waals surface area contributed by atoms with Crippen LogP contribution >= 0.6 is 36.2 Å². The summed E-state index contributed by atoms with van der Waals surface area (Å²) in [6, 6.07) is 5.78. The van der Waals surface area contributed by atoms with Gasteiger partial charge in [0.25, 0.3) is 11.5 Å². The molecule has 0 aliphatic rings. The Labute approximate surface area is 196 Å². The van der Waals surface area contributed by atoms with Crippen LogP contribution in [-0.2, 0) is 6.54 Å². The second-order valence-corrected chi connectivity index (χ2v) is 8.37. The van der Waals surface area contributed by atoms with Crippen LogP contribution in [0.1, 0.15) is 47.8 Å². The third kappa shape index (κ3) is 5.44. The van der Waals surface area contributed by atoms with Gasteiger partial charge in [0.05, 0.1) is 17.2 Å². The number of aryl methyl sites for hydroxylation is 1. The van der Waals surface area contributed by atoms with Crippen molar-refractivity contribution in [3.05, 3.63) is 63.9 Å². The molecule has 0 radical (unpaired) electrons. The fourth-order valence-electron chi connectivity index (χ4n) is 3.22. The van der Waals surface area contributed by atoms with E-state index < -0.39 is 0 Å². The molecule has 0 unspecified atom stereocenters. The lowest BCUT2D eigenvalue weighted by molar-refractivity contribution is 0.0956. The maximum absolute atomic E-state index is 12.9. The number of benzene rings is 1. The van der Waals surface area contributed by atoms with Gasteiger partial charge < -0.3 is 9.88 Å². The molecule has 3 aromatic heterocycles. The first kappa shape index (κ1) is 24.8. The van der Waals surface area contributed by atoms with Gasteiger partial charge in [0.15, 0.2) is 4.96 Å². The van der Waals surface area contributed by atoms with Crippen LogP contribution in [0.5, 0.6) is 0 Å². The van der Waals surface area contributed by atoms with Gasteiger partial charge in [-0.05, 0) is 36.5 Å². The molecule has 10 heteroatoms. The summed E-state index contributed by atoms with van der Waals surface area (Å²) >= 11 is 1.23. The summed E-state index contributed by atoms with van der Waals surface area (Å²) in [4.78, 5) is 35.0. The van der Waals surface area contributed by atoms with Crippen LogP contribution < -0.4 is 10.9 Å². The molecule has 7 nitrogen and oxygen atoms in total. The zero-order valence-corrected chi connectivity index (χ0v) is 19.7. The van der Waals surface area contributed by atoms with Gasteiger partial charge in [-0.1, -0.05) is 31.3 Å². The van der Waals surface area contributed by atoms with Crippen LogP contribution in [-0.4, -0.2) is 31.4 Å². The van der Waals surface area contributed by atoms with E-state index in [0.29, 0.717) is 33.2 Å². The molecule has 0 bridgehead atoms. The normalized spacial score (nSPS) is 10.8. The Morgan fingerprint density at radius 1 is 1.23 bits per heavy atom. The van der Waals surface area contributed by atoms with Gasteiger partial charge in [-0.25, -0.2) is 9.97 Å². The van der Waals surface area contributed by atoms with Crippen molar-refractivity contribution in [1.29, 1.82) is 0 Å². The molecule has 4 aromatic rings. The number of fused-ring (bicyclic) bond motifs is 2. The fourth-order valence-corrected chi connectivity index (χ4v) is 4.11. The topological polar surface area (TPSA) is 81.3 Å². The lowest BCUT2D eigenvalue weighted by Gasteiger charge is -2.06. The van der Waals surface area contributed by atoms with Gasteiger partial charge in [0.2, 0.25) is 0 Å². The van der Waals surface area contributed by atoms with E-state index in [9.17, 15) is 9.59 Å². The Morgan fingerprint density at radius 2 is 2.03 bits per heavy atom. The van der Waals surface area contributed by atoms with Crippen molar-refractivity contribution in [1.82, 2.24) is 24.3 Å². The summed E-state index contributed by atoms with van der Waals surface area (Å²) in [5.41, 5.74) is 1.62. The highest BCUT2D eigenvalue weighted by Gasteiger charge is 2.14. The number of unbranched alkanes of at least 4 members (excludes halogenated alkanes) is 1. The minimum Gasteiger partial charge on any atom is -0.351 e. The smallest absolute Gasteiger partial charge is 0.266 e. The summed E-state index contributed by atoms with van der Waals surface area (Å²) in [5.74, 6) is 0.159. The summed E-state index contributed by atoms with van der Waals surface area (Å²) in [7, 11) is 0. The van der Waals surface area contributed by atoms with Gasteiger partial charge in [0.1, 0.15) is 4.88 Å². The van der Waals surface area contributed by atoms with Crippen molar-refractivity contribution in [2.24, 2.45) is 0 Å². The van der Waals surface area contributed by atoms with Crippen molar-refractivity contribution >= 4 is 57.9 Å². The van der Waals surface area contributed by atoms with Crippen LogP contribution in [0.15, 0.2) is 47.9 Å². The maximum atomic E-state index is 12.9. The SMILES string of the molecule is CC(C)c1ccc2nc3sc(C(=O)NCCCCn4ccnc4)cn3c(=O)c2c1.Cl.Cl. The van der Waals surface area contributed by atoms with E-state index >= 15 is 0 Å². The zero-order valence-electron chi connectivity index (χ0n) is 17.3. The number of thiazole rings is 1. The molecule has 31 heavy (non-hydrogen) atoms. The Morgan fingerprint density at radius 3 is 2.74 bits per heavy atom. The second-order valence-electron chi connectivity index (χ2n) is 7.36. The number of hydrogen-bond acceptors (Lipinski definition) is 5. The van der Waals surface area contributed by atoms with E-state index in [1.54, 1.807) is 18.7 Å². The number of nitrogens with one attached hydrogen (secondary N) is 1. The van der Waals surface area contributed by atoms with Gasteiger partial charge >= 0.3 is 0 Å². The molecular weight excluding hydrogens is 457 g/mol. The number of aromatic nitrogens is 4. The zero-order chi connectivity index (χ0) is 20.4. The number of halogens is 2. The van der Waals surface area contributed by atoms with Crippen molar-refractivity contribution in [3.63, 3.8) is 0 Å². The minimum absolute atomic E-state index is 0. The lowest BCUT2D eigenvalue weighted by Crippen LogP contribution is -2.24. The average Bonchev–Trinajstić information content (AvgIpc) is 3.37. The number of amides is 1. The summed E-state index contributed by atoms with van der Waals surface area (Å²) < 4.78 is 3.49. The third-order valence-electron chi connectivity index (χ3n) is 4.92. The van der Waals surface area contributed by atoms with E-state index in [1.165, 1.54) is 15.7 Å². The predicted octanol–water partition coefficient (Wildman–Crippen LogP) is 4.28. The molecule has 0 fully saturated rings. The Bertz CT molecular complexity index is 1220. The van der Waals surface area contributed by atoms with Gasteiger partial charge in [0, 0.05) is 31.7 Å². The predicted molar refractivity (Wildman–Crippen MR) is 129 cm³/mol. The monoisotopic (exact) mass is 481 g/mol. The highest BCUT2D eigenvalue weighted by atomic mass is 35.5. The van der Waals surface area contributed by atoms with E-state index in [0.717, 1.165) is 24.9 Å². The maximum Gasteiger partial charge on any atom is 0.266 e. The number of hydrogen-bond donors (Lipinski definition) is 1. The van der Waals surface area contributed by atoms with Crippen molar-refractivity contribution < 1.29 is 4.79 Å². The Kier molecular flexibility index (Phi) is 8.61. The van der Waals surface area contributed by atoms with Gasteiger partial charge in [-0.3, -0.25) is 14.0 Å². The molecule has 1 aromatic carbocycles. The van der Waals surface area contributed by atoms with Gasteiger partial charge in [-0.15, -0.1) is 24.8 Å². The van der Waals surface area contributed by atoms with Gasteiger partial charge in [-0.2, -0.15) is 0 Å². The molecule has 166 valence electrons. The average molecular weight is 482 g/mol. The van der Waals surface area contributed by atoms with Crippen molar-refractivity contribution in [2.45, 2.75) is 39.2 Å². The number of rotatable bonds is 7. The minimum atomic E-state index is -0.172. The highest BCUT2D eigenvalue weighted by molar-refractivity contribution is 7.18. The Hall–Kier alpha value is -2.42. The molecule has 3 heterocycles.